The Labute approximate surface area is 115 Å². The first-order chi connectivity index (χ1) is 9.50. The third-order valence-electron chi connectivity index (χ3n) is 2.86. The van der Waals surface area contributed by atoms with Crippen molar-refractivity contribution in [3.8, 4) is 11.3 Å². The number of rotatable bonds is 5. The highest BCUT2D eigenvalue weighted by Gasteiger charge is 2.30. The molecule has 0 spiro atoms. The molecule has 0 aliphatic carbocycles. The molecular formula is C15H16F3NO. The highest BCUT2D eigenvalue weighted by molar-refractivity contribution is 5.58. The van der Waals surface area contributed by atoms with Crippen LogP contribution >= 0.6 is 0 Å². The Balaban J connectivity index is 2.16. The topological polar surface area (TPSA) is 25.2 Å². The zero-order valence-corrected chi connectivity index (χ0v) is 11.1. The Kier molecular flexibility index (Phi) is 4.49. The lowest BCUT2D eigenvalue weighted by atomic mass is 10.1. The van der Waals surface area contributed by atoms with Crippen LogP contribution in [-0.4, -0.2) is 6.54 Å². The summed E-state index contributed by atoms with van der Waals surface area (Å²) < 4.78 is 43.5. The molecule has 2 rings (SSSR count). The van der Waals surface area contributed by atoms with Crippen LogP contribution in [0.2, 0.25) is 0 Å². The van der Waals surface area contributed by atoms with Gasteiger partial charge in [-0.3, -0.25) is 0 Å². The summed E-state index contributed by atoms with van der Waals surface area (Å²) in [6.07, 6.45) is -3.32. The summed E-state index contributed by atoms with van der Waals surface area (Å²) in [4.78, 5) is 0. The zero-order valence-electron chi connectivity index (χ0n) is 11.1. The molecule has 2 nitrogen and oxygen atoms in total. The zero-order chi connectivity index (χ0) is 14.6. The molecule has 1 aromatic heterocycles. The molecule has 0 bridgehead atoms. The summed E-state index contributed by atoms with van der Waals surface area (Å²) in [5.41, 5.74) is -0.237. The Morgan fingerprint density at radius 1 is 1.15 bits per heavy atom. The first-order valence-corrected chi connectivity index (χ1v) is 6.48. The number of hydrogen-bond donors (Lipinski definition) is 1. The maximum absolute atomic E-state index is 12.7. The van der Waals surface area contributed by atoms with E-state index in [4.69, 9.17) is 4.42 Å². The maximum Gasteiger partial charge on any atom is 0.416 e. The fraction of sp³-hybridized carbons (Fsp3) is 0.333. The largest absolute Gasteiger partial charge is 0.460 e. The molecule has 0 aliphatic heterocycles. The van der Waals surface area contributed by atoms with E-state index in [2.05, 4.69) is 12.2 Å². The van der Waals surface area contributed by atoms with Gasteiger partial charge in [-0.25, -0.2) is 0 Å². The molecule has 0 saturated carbocycles. The third-order valence-corrected chi connectivity index (χ3v) is 2.86. The van der Waals surface area contributed by atoms with Gasteiger partial charge in [0.2, 0.25) is 0 Å². The van der Waals surface area contributed by atoms with Crippen LogP contribution in [0.25, 0.3) is 11.3 Å². The van der Waals surface area contributed by atoms with Gasteiger partial charge in [0.05, 0.1) is 12.1 Å². The fourth-order valence-corrected chi connectivity index (χ4v) is 1.87. The van der Waals surface area contributed by atoms with E-state index in [-0.39, 0.29) is 0 Å². The SMILES string of the molecule is CCCNCc1ccc(-c2cccc(C(F)(F)F)c2)o1. The molecule has 0 aliphatic rings. The van der Waals surface area contributed by atoms with Crippen LogP contribution in [0.1, 0.15) is 24.7 Å². The summed E-state index contributed by atoms with van der Waals surface area (Å²) in [6.45, 7) is 3.51. The Morgan fingerprint density at radius 3 is 2.65 bits per heavy atom. The van der Waals surface area contributed by atoms with Gasteiger partial charge in [0.1, 0.15) is 11.5 Å². The molecular weight excluding hydrogens is 267 g/mol. The third kappa shape index (κ3) is 3.63. The fourth-order valence-electron chi connectivity index (χ4n) is 1.87. The molecule has 0 saturated heterocycles. The molecule has 1 aromatic carbocycles. The second-order valence-corrected chi connectivity index (χ2v) is 4.52. The van der Waals surface area contributed by atoms with Crippen LogP contribution in [0.5, 0.6) is 0 Å². The second kappa shape index (κ2) is 6.13. The van der Waals surface area contributed by atoms with Crippen molar-refractivity contribution in [3.63, 3.8) is 0 Å². The lowest BCUT2D eigenvalue weighted by molar-refractivity contribution is -0.137. The van der Waals surface area contributed by atoms with Crippen LogP contribution in [0, 0.1) is 0 Å². The van der Waals surface area contributed by atoms with E-state index >= 15 is 0 Å². The van der Waals surface area contributed by atoms with Gasteiger partial charge >= 0.3 is 6.18 Å². The predicted molar refractivity (Wildman–Crippen MR) is 71.1 cm³/mol. The molecule has 20 heavy (non-hydrogen) atoms. The minimum Gasteiger partial charge on any atom is -0.460 e. The molecule has 0 atom stereocenters. The highest BCUT2D eigenvalue weighted by Crippen LogP contribution is 2.32. The smallest absolute Gasteiger partial charge is 0.416 e. The summed E-state index contributed by atoms with van der Waals surface area (Å²) >= 11 is 0. The Bertz CT molecular complexity index is 560. The molecule has 0 radical (unpaired) electrons. The predicted octanol–water partition coefficient (Wildman–Crippen LogP) is 4.47. The number of benzene rings is 1. The second-order valence-electron chi connectivity index (χ2n) is 4.52. The molecule has 0 unspecified atom stereocenters. The van der Waals surface area contributed by atoms with Crippen molar-refractivity contribution >= 4 is 0 Å². The molecule has 5 heteroatoms. The summed E-state index contributed by atoms with van der Waals surface area (Å²) in [5, 5.41) is 3.18. The molecule has 2 aromatic rings. The van der Waals surface area contributed by atoms with Gasteiger partial charge in [0.25, 0.3) is 0 Å². The van der Waals surface area contributed by atoms with Gasteiger partial charge < -0.3 is 9.73 Å². The van der Waals surface area contributed by atoms with Gasteiger partial charge in [-0.05, 0) is 37.2 Å². The lowest BCUT2D eigenvalue weighted by Crippen LogP contribution is -2.12. The summed E-state index contributed by atoms with van der Waals surface area (Å²) in [6, 6.07) is 8.61. The van der Waals surface area contributed by atoms with Crippen LogP contribution < -0.4 is 5.32 Å². The van der Waals surface area contributed by atoms with Crippen LogP contribution in [0.15, 0.2) is 40.8 Å². The van der Waals surface area contributed by atoms with Crippen LogP contribution in [0.3, 0.4) is 0 Å². The number of hydrogen-bond acceptors (Lipinski definition) is 2. The van der Waals surface area contributed by atoms with E-state index in [1.165, 1.54) is 6.07 Å². The normalized spacial score (nSPS) is 11.8. The highest BCUT2D eigenvalue weighted by atomic mass is 19.4. The molecule has 0 fully saturated rings. The minimum absolute atomic E-state index is 0.432. The van der Waals surface area contributed by atoms with Gasteiger partial charge in [-0.1, -0.05) is 19.1 Å². The molecule has 1 heterocycles. The number of nitrogens with one attached hydrogen (secondary N) is 1. The summed E-state index contributed by atoms with van der Waals surface area (Å²) in [7, 11) is 0. The van der Waals surface area contributed by atoms with E-state index in [1.807, 2.05) is 0 Å². The van der Waals surface area contributed by atoms with Crippen molar-refractivity contribution in [2.75, 3.05) is 6.54 Å². The molecule has 1 N–H and O–H groups in total. The van der Waals surface area contributed by atoms with Crippen LogP contribution in [-0.2, 0) is 12.7 Å². The first kappa shape index (κ1) is 14.7. The monoisotopic (exact) mass is 283 g/mol. The number of furan rings is 1. The first-order valence-electron chi connectivity index (χ1n) is 6.48. The Hall–Kier alpha value is -1.75. The van der Waals surface area contributed by atoms with Crippen molar-refractivity contribution in [2.45, 2.75) is 26.1 Å². The summed E-state index contributed by atoms with van der Waals surface area (Å²) in [5.74, 6) is 1.16. The average Bonchev–Trinajstić information content (AvgIpc) is 2.87. The molecule has 108 valence electrons. The van der Waals surface area contributed by atoms with Crippen molar-refractivity contribution in [3.05, 3.63) is 47.7 Å². The van der Waals surface area contributed by atoms with Gasteiger partial charge in [-0.15, -0.1) is 0 Å². The standard InChI is InChI=1S/C15H16F3NO/c1-2-8-19-10-13-6-7-14(20-13)11-4-3-5-12(9-11)15(16,17)18/h3-7,9,19H,2,8,10H2,1H3. The van der Waals surface area contributed by atoms with Gasteiger partial charge in [-0.2, -0.15) is 13.2 Å². The average molecular weight is 283 g/mol. The lowest BCUT2D eigenvalue weighted by Gasteiger charge is -2.07. The van der Waals surface area contributed by atoms with E-state index in [1.54, 1.807) is 18.2 Å². The van der Waals surface area contributed by atoms with Crippen molar-refractivity contribution in [2.24, 2.45) is 0 Å². The maximum atomic E-state index is 12.7. The van der Waals surface area contributed by atoms with E-state index in [0.29, 0.717) is 23.6 Å². The van der Waals surface area contributed by atoms with Gasteiger partial charge in [0, 0.05) is 5.56 Å². The van der Waals surface area contributed by atoms with E-state index in [9.17, 15) is 13.2 Å². The quantitative estimate of drug-likeness (QED) is 0.819. The van der Waals surface area contributed by atoms with Crippen molar-refractivity contribution in [1.82, 2.24) is 5.32 Å². The van der Waals surface area contributed by atoms with Crippen molar-refractivity contribution in [1.29, 1.82) is 0 Å². The molecule has 0 amide bonds. The van der Waals surface area contributed by atoms with E-state index in [0.717, 1.165) is 25.1 Å². The Morgan fingerprint density at radius 2 is 1.95 bits per heavy atom. The van der Waals surface area contributed by atoms with Gasteiger partial charge in [0.15, 0.2) is 0 Å². The van der Waals surface area contributed by atoms with Crippen LogP contribution in [0.4, 0.5) is 13.2 Å². The van der Waals surface area contributed by atoms with E-state index < -0.39 is 11.7 Å². The minimum atomic E-state index is -4.34. The number of alkyl halides is 3. The van der Waals surface area contributed by atoms with Crippen molar-refractivity contribution < 1.29 is 17.6 Å². The number of halogens is 3.